The maximum atomic E-state index is 11.6. The van der Waals surface area contributed by atoms with Crippen LogP contribution in [0.1, 0.15) is 26.7 Å². The van der Waals surface area contributed by atoms with Gasteiger partial charge in [-0.2, -0.15) is 0 Å². The van der Waals surface area contributed by atoms with Gasteiger partial charge in [0.15, 0.2) is 0 Å². The average molecular weight is 244 g/mol. The molecule has 98 valence electrons. The van der Waals surface area contributed by atoms with Gasteiger partial charge >= 0.3 is 5.97 Å². The van der Waals surface area contributed by atoms with Gasteiger partial charge in [-0.15, -0.1) is 0 Å². The highest BCUT2D eigenvalue weighted by atomic mass is 16.5. The van der Waals surface area contributed by atoms with Crippen molar-refractivity contribution in [3.63, 3.8) is 0 Å². The number of carbonyl (C=O) groups is 2. The Hall–Kier alpha value is -1.14. The summed E-state index contributed by atoms with van der Waals surface area (Å²) < 4.78 is 5.16. The number of carbonyl (C=O) groups excluding carboxylic acids is 1. The zero-order chi connectivity index (χ0) is 12.9. The van der Waals surface area contributed by atoms with Gasteiger partial charge in [-0.3, -0.25) is 14.9 Å². The number of hydrogen-bond acceptors (Lipinski definition) is 4. The molecule has 1 aliphatic heterocycles. The maximum Gasteiger partial charge on any atom is 0.324 e. The third kappa shape index (κ3) is 3.41. The highest BCUT2D eigenvalue weighted by Crippen LogP contribution is 2.21. The van der Waals surface area contributed by atoms with Crippen molar-refractivity contribution in [3.05, 3.63) is 0 Å². The topological polar surface area (TPSA) is 87.7 Å². The Morgan fingerprint density at radius 3 is 2.47 bits per heavy atom. The van der Waals surface area contributed by atoms with Gasteiger partial charge < -0.3 is 15.2 Å². The number of ether oxygens (including phenoxy) is 1. The second kappa shape index (κ2) is 5.97. The molecule has 0 bridgehead atoms. The average Bonchev–Trinajstić information content (AvgIpc) is 2.30. The molecule has 1 saturated heterocycles. The molecule has 0 saturated carbocycles. The minimum atomic E-state index is -1.04. The van der Waals surface area contributed by atoms with Crippen LogP contribution in [0.2, 0.25) is 0 Å². The molecule has 1 atom stereocenters. The van der Waals surface area contributed by atoms with Gasteiger partial charge in [-0.05, 0) is 26.7 Å². The fraction of sp³-hybridized carbons (Fsp3) is 0.818. The molecular formula is C11H20N2O4. The first-order chi connectivity index (χ1) is 8.02. The molecule has 1 fully saturated rings. The van der Waals surface area contributed by atoms with Crippen molar-refractivity contribution in [1.29, 1.82) is 0 Å². The van der Waals surface area contributed by atoms with Gasteiger partial charge in [0.25, 0.3) is 0 Å². The Labute approximate surface area is 101 Å². The van der Waals surface area contributed by atoms with Crippen molar-refractivity contribution in [2.24, 2.45) is 0 Å². The van der Waals surface area contributed by atoms with E-state index in [4.69, 9.17) is 4.74 Å². The molecule has 0 aromatic heterocycles. The summed E-state index contributed by atoms with van der Waals surface area (Å²) in [6, 6.07) is -0.524. The van der Waals surface area contributed by atoms with Crippen LogP contribution < -0.4 is 10.6 Å². The summed E-state index contributed by atoms with van der Waals surface area (Å²) in [5.41, 5.74) is -1.04. The summed E-state index contributed by atoms with van der Waals surface area (Å²) in [5.74, 6) is -1.10. The number of aliphatic carboxylic acids is 1. The molecule has 6 heteroatoms. The molecule has 0 spiro atoms. The van der Waals surface area contributed by atoms with E-state index in [0.29, 0.717) is 32.6 Å². The van der Waals surface area contributed by atoms with Gasteiger partial charge in [0.2, 0.25) is 5.91 Å². The van der Waals surface area contributed by atoms with Gasteiger partial charge in [-0.25, -0.2) is 0 Å². The van der Waals surface area contributed by atoms with E-state index < -0.39 is 17.6 Å². The number of carboxylic acid groups (broad SMARTS) is 1. The number of nitrogens with one attached hydrogen (secondary N) is 2. The van der Waals surface area contributed by atoms with Gasteiger partial charge in [-0.1, -0.05) is 0 Å². The summed E-state index contributed by atoms with van der Waals surface area (Å²) >= 11 is 0. The van der Waals surface area contributed by atoms with Gasteiger partial charge in [0, 0.05) is 19.8 Å². The van der Waals surface area contributed by atoms with E-state index >= 15 is 0 Å². The van der Waals surface area contributed by atoms with Crippen LogP contribution >= 0.6 is 0 Å². The van der Waals surface area contributed by atoms with Crippen molar-refractivity contribution in [1.82, 2.24) is 10.6 Å². The normalized spacial score (nSPS) is 20.6. The zero-order valence-electron chi connectivity index (χ0n) is 10.3. The molecule has 6 nitrogen and oxygen atoms in total. The Kier molecular flexibility index (Phi) is 4.89. The largest absolute Gasteiger partial charge is 0.480 e. The van der Waals surface area contributed by atoms with Crippen molar-refractivity contribution < 1.29 is 19.4 Å². The summed E-state index contributed by atoms with van der Waals surface area (Å²) in [6.07, 6.45) is 0.762. The van der Waals surface area contributed by atoms with E-state index in [1.807, 2.05) is 6.92 Å². The van der Waals surface area contributed by atoms with Crippen LogP contribution in [0.25, 0.3) is 0 Å². The lowest BCUT2D eigenvalue weighted by atomic mass is 9.89. The predicted molar refractivity (Wildman–Crippen MR) is 61.7 cm³/mol. The standard InChI is InChI=1S/C11H20N2O4/c1-3-12-9(14)8(2)13-11(10(15)16)4-6-17-7-5-11/h8,13H,3-7H2,1-2H3,(H,12,14)(H,15,16). The molecule has 0 aliphatic carbocycles. The zero-order valence-corrected chi connectivity index (χ0v) is 10.3. The number of amides is 1. The van der Waals surface area contributed by atoms with E-state index in [1.165, 1.54) is 0 Å². The number of carboxylic acids is 1. The Bertz CT molecular complexity index is 287. The fourth-order valence-electron chi connectivity index (χ4n) is 1.95. The minimum Gasteiger partial charge on any atom is -0.480 e. The van der Waals surface area contributed by atoms with E-state index in [2.05, 4.69) is 10.6 Å². The second-order valence-corrected chi connectivity index (χ2v) is 4.26. The van der Waals surface area contributed by atoms with Gasteiger partial charge in [0.1, 0.15) is 5.54 Å². The highest BCUT2D eigenvalue weighted by Gasteiger charge is 2.41. The first-order valence-corrected chi connectivity index (χ1v) is 5.88. The minimum absolute atomic E-state index is 0.181. The Balaban J connectivity index is 2.66. The highest BCUT2D eigenvalue weighted by molar-refractivity contribution is 5.84. The molecule has 1 aliphatic rings. The second-order valence-electron chi connectivity index (χ2n) is 4.26. The van der Waals surface area contributed by atoms with Crippen molar-refractivity contribution in [2.75, 3.05) is 19.8 Å². The van der Waals surface area contributed by atoms with Crippen LogP contribution in [0, 0.1) is 0 Å². The fourth-order valence-corrected chi connectivity index (χ4v) is 1.95. The number of rotatable bonds is 5. The van der Waals surface area contributed by atoms with Crippen LogP contribution in [0.15, 0.2) is 0 Å². The smallest absolute Gasteiger partial charge is 0.324 e. The van der Waals surface area contributed by atoms with E-state index in [1.54, 1.807) is 6.92 Å². The molecule has 17 heavy (non-hydrogen) atoms. The molecule has 0 radical (unpaired) electrons. The first-order valence-electron chi connectivity index (χ1n) is 5.88. The van der Waals surface area contributed by atoms with Crippen LogP contribution in [0.5, 0.6) is 0 Å². The lowest BCUT2D eigenvalue weighted by molar-refractivity contribution is -0.150. The van der Waals surface area contributed by atoms with Crippen molar-refractivity contribution >= 4 is 11.9 Å². The van der Waals surface area contributed by atoms with Crippen LogP contribution in [-0.2, 0) is 14.3 Å². The Morgan fingerprint density at radius 2 is 2.00 bits per heavy atom. The van der Waals surface area contributed by atoms with Crippen LogP contribution in [0.4, 0.5) is 0 Å². The molecule has 1 rings (SSSR count). The monoisotopic (exact) mass is 244 g/mol. The first kappa shape index (κ1) is 13.9. The summed E-state index contributed by atoms with van der Waals surface area (Å²) in [5, 5.41) is 14.9. The van der Waals surface area contributed by atoms with Crippen LogP contribution in [0.3, 0.4) is 0 Å². The van der Waals surface area contributed by atoms with E-state index in [0.717, 1.165) is 0 Å². The predicted octanol–water partition coefficient (Wildman–Crippen LogP) is -0.266. The number of likely N-dealkylation sites (N-methyl/N-ethyl adjacent to an activating group) is 1. The third-order valence-corrected chi connectivity index (χ3v) is 2.99. The third-order valence-electron chi connectivity index (χ3n) is 2.99. The molecule has 0 aromatic carbocycles. The quantitative estimate of drug-likeness (QED) is 0.620. The lowest BCUT2D eigenvalue weighted by Gasteiger charge is -2.36. The van der Waals surface area contributed by atoms with E-state index in [9.17, 15) is 14.7 Å². The molecule has 1 unspecified atom stereocenters. The summed E-state index contributed by atoms with van der Waals surface area (Å²) in [6.45, 7) is 4.84. The summed E-state index contributed by atoms with van der Waals surface area (Å²) in [7, 11) is 0. The SMILES string of the molecule is CCNC(=O)C(C)NC1(C(=O)O)CCOCC1. The van der Waals surface area contributed by atoms with E-state index in [-0.39, 0.29) is 5.91 Å². The molecule has 3 N–H and O–H groups in total. The Morgan fingerprint density at radius 1 is 1.41 bits per heavy atom. The number of hydrogen-bond donors (Lipinski definition) is 3. The van der Waals surface area contributed by atoms with Crippen molar-refractivity contribution in [2.45, 2.75) is 38.3 Å². The van der Waals surface area contributed by atoms with Gasteiger partial charge in [0.05, 0.1) is 6.04 Å². The molecular weight excluding hydrogens is 224 g/mol. The summed E-state index contributed by atoms with van der Waals surface area (Å²) in [4.78, 5) is 22.9. The molecule has 1 heterocycles. The molecule has 0 aromatic rings. The lowest BCUT2D eigenvalue weighted by Crippen LogP contribution is -2.61. The van der Waals surface area contributed by atoms with Crippen LogP contribution in [-0.4, -0.2) is 48.3 Å². The van der Waals surface area contributed by atoms with Crippen molar-refractivity contribution in [3.8, 4) is 0 Å². The molecule has 1 amide bonds. The maximum absolute atomic E-state index is 11.6.